The Morgan fingerprint density at radius 1 is 1.09 bits per heavy atom. The average molecular weight is 456 g/mol. The third-order valence-electron chi connectivity index (χ3n) is 6.36. The number of para-hydroxylation sites is 2. The number of anilines is 2. The Labute approximate surface area is 196 Å². The number of nitrogens with zero attached hydrogens (tertiary/aromatic N) is 3. The number of H-pyrrole nitrogens is 1. The molecular formula is C26H25N5O3. The van der Waals surface area contributed by atoms with Gasteiger partial charge in [-0.25, -0.2) is 4.98 Å². The lowest BCUT2D eigenvalue weighted by atomic mass is 9.98. The topological polar surface area (TPSA) is 104 Å². The molecule has 2 heterocycles. The molecule has 0 atom stereocenters. The number of carbonyl (C=O) groups excluding carboxylic acids is 1. The number of nitro groups is 1. The summed E-state index contributed by atoms with van der Waals surface area (Å²) < 4.78 is 0. The Bertz CT molecular complexity index is 1320. The molecule has 1 aliphatic rings. The minimum atomic E-state index is -0.410. The standard InChI is InChI=1S/C26H25N5O3/c1-17-12-14-30(15-13-17)23-11-8-19(16-24(23)31(33)34)26(32)27-20-9-6-18(7-10-20)25-28-21-4-2-3-5-22(21)29-25/h2-11,16-17H,12-15H2,1H3,(H,27,32)(H,28,29). The number of rotatable bonds is 5. The van der Waals surface area contributed by atoms with Crippen LogP contribution in [-0.2, 0) is 0 Å². The van der Waals surface area contributed by atoms with Gasteiger partial charge in [0.15, 0.2) is 0 Å². The molecule has 2 N–H and O–H groups in total. The maximum absolute atomic E-state index is 12.8. The predicted octanol–water partition coefficient (Wildman–Crippen LogP) is 5.63. The Balaban J connectivity index is 1.32. The van der Waals surface area contributed by atoms with Crippen LogP contribution in [0.25, 0.3) is 22.4 Å². The Morgan fingerprint density at radius 2 is 1.82 bits per heavy atom. The second-order valence-corrected chi connectivity index (χ2v) is 8.76. The molecule has 34 heavy (non-hydrogen) atoms. The average Bonchev–Trinajstić information content (AvgIpc) is 3.29. The minimum Gasteiger partial charge on any atom is -0.366 e. The van der Waals surface area contributed by atoms with Crippen molar-refractivity contribution in [2.24, 2.45) is 5.92 Å². The van der Waals surface area contributed by atoms with Crippen molar-refractivity contribution in [2.75, 3.05) is 23.3 Å². The number of amides is 1. The number of piperidine rings is 1. The van der Waals surface area contributed by atoms with Crippen LogP contribution in [0.2, 0.25) is 0 Å². The maximum atomic E-state index is 12.8. The zero-order valence-electron chi connectivity index (χ0n) is 18.8. The number of nitrogens with one attached hydrogen (secondary N) is 2. The van der Waals surface area contributed by atoms with Gasteiger partial charge in [-0.2, -0.15) is 0 Å². The van der Waals surface area contributed by atoms with Gasteiger partial charge in [0.2, 0.25) is 0 Å². The predicted molar refractivity (Wildman–Crippen MR) is 133 cm³/mol. The van der Waals surface area contributed by atoms with E-state index < -0.39 is 10.8 Å². The number of nitro benzene ring substituents is 1. The molecule has 3 aromatic carbocycles. The molecule has 0 bridgehead atoms. The number of fused-ring (bicyclic) bond motifs is 1. The van der Waals surface area contributed by atoms with Crippen LogP contribution < -0.4 is 10.2 Å². The zero-order chi connectivity index (χ0) is 23.7. The highest BCUT2D eigenvalue weighted by Gasteiger charge is 2.24. The van der Waals surface area contributed by atoms with Gasteiger partial charge in [-0.15, -0.1) is 0 Å². The second-order valence-electron chi connectivity index (χ2n) is 8.76. The van der Waals surface area contributed by atoms with Gasteiger partial charge in [0.05, 0.1) is 16.0 Å². The van der Waals surface area contributed by atoms with Crippen molar-refractivity contribution in [1.82, 2.24) is 9.97 Å². The summed E-state index contributed by atoms with van der Waals surface area (Å²) in [5, 5.41) is 14.6. The van der Waals surface area contributed by atoms with Gasteiger partial charge >= 0.3 is 0 Å². The van der Waals surface area contributed by atoms with Crippen molar-refractivity contribution in [3.8, 4) is 11.4 Å². The largest absolute Gasteiger partial charge is 0.366 e. The van der Waals surface area contributed by atoms with Crippen molar-refractivity contribution in [1.29, 1.82) is 0 Å². The van der Waals surface area contributed by atoms with E-state index in [9.17, 15) is 14.9 Å². The van der Waals surface area contributed by atoms with E-state index in [0.717, 1.165) is 48.4 Å². The summed E-state index contributed by atoms with van der Waals surface area (Å²) in [6, 6.07) is 19.8. The highest BCUT2D eigenvalue weighted by molar-refractivity contribution is 6.05. The molecule has 4 aromatic rings. The molecule has 8 heteroatoms. The number of hydrogen-bond acceptors (Lipinski definition) is 5. The lowest BCUT2D eigenvalue weighted by Crippen LogP contribution is -2.33. The highest BCUT2D eigenvalue weighted by atomic mass is 16.6. The van der Waals surface area contributed by atoms with Gasteiger partial charge in [0.25, 0.3) is 11.6 Å². The quantitative estimate of drug-likeness (QED) is 0.300. The number of aromatic amines is 1. The van der Waals surface area contributed by atoms with Crippen LogP contribution in [-0.4, -0.2) is 33.9 Å². The molecule has 0 radical (unpaired) electrons. The fourth-order valence-electron chi connectivity index (χ4n) is 4.33. The van der Waals surface area contributed by atoms with E-state index in [2.05, 4.69) is 22.2 Å². The summed E-state index contributed by atoms with van der Waals surface area (Å²) in [6.45, 7) is 3.76. The first kappa shape index (κ1) is 21.6. The van der Waals surface area contributed by atoms with Gasteiger partial charge in [-0.1, -0.05) is 19.1 Å². The van der Waals surface area contributed by atoms with Crippen molar-refractivity contribution in [3.63, 3.8) is 0 Å². The first-order valence-electron chi connectivity index (χ1n) is 11.4. The smallest absolute Gasteiger partial charge is 0.293 e. The third kappa shape index (κ3) is 4.34. The van der Waals surface area contributed by atoms with Crippen molar-refractivity contribution in [2.45, 2.75) is 19.8 Å². The van der Waals surface area contributed by atoms with E-state index in [1.807, 2.05) is 41.3 Å². The number of aromatic nitrogens is 2. The molecule has 1 fully saturated rings. The molecule has 1 amide bonds. The van der Waals surface area contributed by atoms with Crippen molar-refractivity contribution < 1.29 is 9.72 Å². The van der Waals surface area contributed by atoms with Gasteiger partial charge < -0.3 is 15.2 Å². The van der Waals surface area contributed by atoms with Crippen LogP contribution >= 0.6 is 0 Å². The molecule has 0 spiro atoms. The first-order chi connectivity index (χ1) is 16.5. The van der Waals surface area contributed by atoms with Gasteiger partial charge in [0.1, 0.15) is 11.5 Å². The molecule has 0 aliphatic carbocycles. The fraction of sp³-hybridized carbons (Fsp3) is 0.231. The molecule has 1 saturated heterocycles. The highest BCUT2D eigenvalue weighted by Crippen LogP contribution is 2.32. The van der Waals surface area contributed by atoms with Crippen LogP contribution in [0.4, 0.5) is 17.1 Å². The lowest BCUT2D eigenvalue weighted by molar-refractivity contribution is -0.384. The number of hydrogen-bond donors (Lipinski definition) is 2. The van der Waals surface area contributed by atoms with Gasteiger partial charge in [0, 0.05) is 36.0 Å². The number of benzene rings is 3. The molecule has 5 rings (SSSR count). The van der Waals surface area contributed by atoms with Gasteiger partial charge in [-0.05, 0) is 67.3 Å². The molecule has 1 aliphatic heterocycles. The zero-order valence-corrected chi connectivity index (χ0v) is 18.8. The minimum absolute atomic E-state index is 0.0394. The van der Waals surface area contributed by atoms with E-state index in [4.69, 9.17) is 0 Å². The van der Waals surface area contributed by atoms with E-state index in [0.29, 0.717) is 17.3 Å². The van der Waals surface area contributed by atoms with Crippen LogP contribution in [0.1, 0.15) is 30.1 Å². The first-order valence-corrected chi connectivity index (χ1v) is 11.4. The van der Waals surface area contributed by atoms with Crippen LogP contribution in [0, 0.1) is 16.0 Å². The summed E-state index contributed by atoms with van der Waals surface area (Å²) in [6.07, 6.45) is 2.01. The maximum Gasteiger partial charge on any atom is 0.293 e. The molecular weight excluding hydrogens is 430 g/mol. The van der Waals surface area contributed by atoms with E-state index in [-0.39, 0.29) is 11.3 Å². The van der Waals surface area contributed by atoms with Crippen LogP contribution in [0.15, 0.2) is 66.7 Å². The molecule has 1 aromatic heterocycles. The second kappa shape index (κ2) is 8.97. The monoisotopic (exact) mass is 455 g/mol. The molecule has 172 valence electrons. The van der Waals surface area contributed by atoms with E-state index in [1.165, 1.54) is 6.07 Å². The summed E-state index contributed by atoms with van der Waals surface area (Å²) in [5.74, 6) is 0.981. The van der Waals surface area contributed by atoms with Crippen LogP contribution in [0.5, 0.6) is 0 Å². The molecule has 0 saturated carbocycles. The van der Waals surface area contributed by atoms with Crippen LogP contribution in [0.3, 0.4) is 0 Å². The Morgan fingerprint density at radius 3 is 2.53 bits per heavy atom. The Hall–Kier alpha value is -4.20. The number of imidazole rings is 1. The summed E-state index contributed by atoms with van der Waals surface area (Å²) >= 11 is 0. The summed E-state index contributed by atoms with van der Waals surface area (Å²) in [5.41, 5.74) is 4.12. The third-order valence-corrected chi connectivity index (χ3v) is 6.36. The van der Waals surface area contributed by atoms with E-state index in [1.54, 1.807) is 24.3 Å². The summed E-state index contributed by atoms with van der Waals surface area (Å²) in [4.78, 5) is 34.1. The fourth-order valence-corrected chi connectivity index (χ4v) is 4.33. The number of carbonyl (C=O) groups is 1. The van der Waals surface area contributed by atoms with Gasteiger partial charge in [-0.3, -0.25) is 14.9 Å². The lowest BCUT2D eigenvalue weighted by Gasteiger charge is -2.31. The van der Waals surface area contributed by atoms with E-state index >= 15 is 0 Å². The Kier molecular flexibility index (Phi) is 5.71. The molecule has 8 nitrogen and oxygen atoms in total. The normalized spacial score (nSPS) is 14.3. The SMILES string of the molecule is CC1CCN(c2ccc(C(=O)Nc3ccc(-c4nc5ccccc5[nH]4)cc3)cc2[N+](=O)[O-])CC1. The summed E-state index contributed by atoms with van der Waals surface area (Å²) in [7, 11) is 0. The van der Waals surface area contributed by atoms with Crippen molar-refractivity contribution in [3.05, 3.63) is 82.4 Å². The van der Waals surface area contributed by atoms with Crippen molar-refractivity contribution >= 4 is 34.0 Å². The molecule has 0 unspecified atom stereocenters.